The van der Waals surface area contributed by atoms with Gasteiger partial charge in [-0.25, -0.2) is 4.98 Å². The van der Waals surface area contributed by atoms with Crippen molar-refractivity contribution in [2.75, 3.05) is 25.1 Å². The summed E-state index contributed by atoms with van der Waals surface area (Å²) in [5, 5.41) is 16.0. The summed E-state index contributed by atoms with van der Waals surface area (Å²) in [5.74, 6) is 0.143. The molecular formula is C36H43F3N4O2. The van der Waals surface area contributed by atoms with Crippen LogP contribution in [0.2, 0.25) is 0 Å². The summed E-state index contributed by atoms with van der Waals surface area (Å²) < 4.78 is 49.5. The Morgan fingerprint density at radius 1 is 1.00 bits per heavy atom. The number of aromatic nitrogens is 2. The van der Waals surface area contributed by atoms with Gasteiger partial charge >= 0.3 is 6.18 Å². The van der Waals surface area contributed by atoms with Gasteiger partial charge in [-0.15, -0.1) is 0 Å². The molecule has 1 aliphatic rings. The minimum Gasteiger partial charge on any atom is -0.481 e. The second-order valence-electron chi connectivity index (χ2n) is 12.3. The molecule has 0 fully saturated rings. The number of fused-ring (bicyclic) bond motifs is 3. The molecule has 2 aromatic carbocycles. The number of aliphatic hydroxyl groups excluding tert-OH is 1. The molecule has 0 aliphatic carbocycles. The average Bonchev–Trinajstić information content (AvgIpc) is 3.03. The Hall–Kier alpha value is -3.69. The SMILES string of the molecule is CCCNCCC(CC)c1ccc(N2c3c(cnc4ccc(-c5ccc(OC)nc5)cc34)CC(C(C)C)C2O)cc1C(F)(F)F. The highest BCUT2D eigenvalue weighted by molar-refractivity contribution is 5.98. The van der Waals surface area contributed by atoms with Crippen molar-refractivity contribution in [3.8, 4) is 17.0 Å². The number of rotatable bonds is 11. The molecule has 0 saturated heterocycles. The zero-order valence-electron chi connectivity index (χ0n) is 26.7. The van der Waals surface area contributed by atoms with Gasteiger partial charge in [0.2, 0.25) is 5.88 Å². The third-order valence-corrected chi connectivity index (χ3v) is 9.04. The van der Waals surface area contributed by atoms with Gasteiger partial charge in [-0.2, -0.15) is 13.2 Å². The Morgan fingerprint density at radius 3 is 2.42 bits per heavy atom. The largest absolute Gasteiger partial charge is 0.481 e. The molecule has 3 unspecified atom stereocenters. The average molecular weight is 621 g/mol. The van der Waals surface area contributed by atoms with E-state index in [2.05, 4.69) is 17.2 Å². The number of nitrogens with zero attached hydrogens (tertiary/aromatic N) is 3. The van der Waals surface area contributed by atoms with Gasteiger partial charge in [0.05, 0.1) is 23.9 Å². The van der Waals surface area contributed by atoms with Crippen molar-refractivity contribution in [3.63, 3.8) is 0 Å². The Labute approximate surface area is 263 Å². The molecule has 2 N–H and O–H groups in total. The summed E-state index contributed by atoms with van der Waals surface area (Å²) in [6, 6.07) is 14.1. The molecule has 0 saturated carbocycles. The predicted molar refractivity (Wildman–Crippen MR) is 174 cm³/mol. The van der Waals surface area contributed by atoms with Crippen LogP contribution >= 0.6 is 0 Å². The predicted octanol–water partition coefficient (Wildman–Crippen LogP) is 8.49. The molecule has 9 heteroatoms. The fourth-order valence-corrected chi connectivity index (χ4v) is 6.50. The molecule has 3 heterocycles. The maximum absolute atomic E-state index is 14.8. The highest BCUT2D eigenvalue weighted by Gasteiger charge is 2.40. The summed E-state index contributed by atoms with van der Waals surface area (Å²) in [7, 11) is 1.56. The molecule has 4 aromatic rings. The first-order valence-electron chi connectivity index (χ1n) is 15.9. The first-order valence-corrected chi connectivity index (χ1v) is 15.9. The monoisotopic (exact) mass is 620 g/mol. The van der Waals surface area contributed by atoms with Crippen molar-refractivity contribution in [3.05, 3.63) is 77.6 Å². The number of anilines is 2. The topological polar surface area (TPSA) is 70.5 Å². The van der Waals surface area contributed by atoms with Crippen LogP contribution in [0, 0.1) is 11.8 Å². The first-order chi connectivity index (χ1) is 21.6. The summed E-state index contributed by atoms with van der Waals surface area (Å²) >= 11 is 0. The lowest BCUT2D eigenvalue weighted by Gasteiger charge is -2.43. The van der Waals surface area contributed by atoms with Crippen LogP contribution in [0.15, 0.2) is 60.9 Å². The highest BCUT2D eigenvalue weighted by atomic mass is 19.4. The van der Waals surface area contributed by atoms with Gasteiger partial charge < -0.3 is 20.1 Å². The molecule has 0 spiro atoms. The third kappa shape index (κ3) is 6.79. The third-order valence-electron chi connectivity index (χ3n) is 9.04. The van der Waals surface area contributed by atoms with Crippen LogP contribution in [0.25, 0.3) is 22.0 Å². The van der Waals surface area contributed by atoms with E-state index < -0.39 is 18.0 Å². The van der Waals surface area contributed by atoms with Crippen molar-refractivity contribution in [1.29, 1.82) is 0 Å². The molecule has 45 heavy (non-hydrogen) atoms. The van der Waals surface area contributed by atoms with Crippen LogP contribution < -0.4 is 15.0 Å². The molecule has 6 nitrogen and oxygen atoms in total. The van der Waals surface area contributed by atoms with Crippen LogP contribution in [0.4, 0.5) is 24.5 Å². The normalized spacial score (nSPS) is 17.5. The maximum Gasteiger partial charge on any atom is 0.416 e. The lowest BCUT2D eigenvalue weighted by molar-refractivity contribution is -0.138. The zero-order chi connectivity index (χ0) is 32.3. The number of alkyl halides is 3. The quantitative estimate of drug-likeness (QED) is 0.164. The number of pyridine rings is 2. The van der Waals surface area contributed by atoms with Crippen LogP contribution in [0.5, 0.6) is 5.88 Å². The summed E-state index contributed by atoms with van der Waals surface area (Å²) in [4.78, 5) is 10.8. The fraction of sp³-hybridized carbons (Fsp3) is 0.444. The molecular weight excluding hydrogens is 577 g/mol. The van der Waals surface area contributed by atoms with E-state index in [1.807, 2.05) is 45.0 Å². The Balaban J connectivity index is 1.66. The number of hydrogen-bond donors (Lipinski definition) is 2. The van der Waals surface area contributed by atoms with Crippen molar-refractivity contribution in [1.82, 2.24) is 15.3 Å². The first kappa shape index (κ1) is 32.7. The summed E-state index contributed by atoms with van der Waals surface area (Å²) in [6.45, 7) is 9.56. The number of benzene rings is 2. The summed E-state index contributed by atoms with van der Waals surface area (Å²) in [6.07, 6.45) is 0.695. The number of nitrogens with one attached hydrogen (secondary N) is 1. The minimum absolute atomic E-state index is 0.0875. The standard InChI is InChI=1S/C36H43F3N4O2/c1-6-15-40-16-14-23(7-2)28-11-10-27(19-31(28)36(37,38)39)43-34-26(18-29(22(3)4)35(43)44)21-41-32-12-8-24(17-30(32)34)25-9-13-33(45-5)42-20-25/h8-13,17,19-23,29,35,40,44H,6-7,14-16,18H2,1-5H3. The van der Waals surface area contributed by atoms with Crippen molar-refractivity contribution in [2.45, 2.75) is 71.7 Å². The molecule has 240 valence electrons. The summed E-state index contributed by atoms with van der Waals surface area (Å²) in [5.41, 5.74) is 3.97. The molecule has 0 radical (unpaired) electrons. The van der Waals surface area contributed by atoms with E-state index >= 15 is 0 Å². The van der Waals surface area contributed by atoms with Gasteiger partial charge in [0.15, 0.2) is 0 Å². The Morgan fingerprint density at radius 2 is 1.78 bits per heavy atom. The van der Waals surface area contributed by atoms with Gasteiger partial charge in [0, 0.05) is 41.0 Å². The second kappa shape index (κ2) is 13.7. The molecule has 3 atom stereocenters. The number of ether oxygens (including phenoxy) is 1. The van der Waals surface area contributed by atoms with Crippen LogP contribution in [-0.2, 0) is 12.6 Å². The van der Waals surface area contributed by atoms with E-state index in [0.29, 0.717) is 54.1 Å². The van der Waals surface area contributed by atoms with Crippen LogP contribution in [0.1, 0.15) is 69.6 Å². The van der Waals surface area contributed by atoms with Gasteiger partial charge in [-0.3, -0.25) is 4.98 Å². The van der Waals surface area contributed by atoms with Gasteiger partial charge in [-0.05, 0) is 97.6 Å². The van der Waals surface area contributed by atoms with E-state index in [0.717, 1.165) is 35.0 Å². The van der Waals surface area contributed by atoms with Gasteiger partial charge in [0.25, 0.3) is 0 Å². The second-order valence-corrected chi connectivity index (χ2v) is 12.3. The number of methoxy groups -OCH3 is 1. The van der Waals surface area contributed by atoms with Crippen molar-refractivity contribution in [2.24, 2.45) is 11.8 Å². The number of aliphatic hydroxyl groups is 1. The van der Waals surface area contributed by atoms with E-state index in [-0.39, 0.29) is 17.8 Å². The van der Waals surface area contributed by atoms with E-state index in [9.17, 15) is 18.3 Å². The maximum atomic E-state index is 14.8. The fourth-order valence-electron chi connectivity index (χ4n) is 6.50. The molecule has 5 rings (SSSR count). The molecule has 1 aliphatic heterocycles. The molecule has 2 aromatic heterocycles. The lowest BCUT2D eigenvalue weighted by atomic mass is 9.82. The van der Waals surface area contributed by atoms with Gasteiger partial charge in [-0.1, -0.05) is 39.8 Å². The Bertz CT molecular complexity index is 1610. The van der Waals surface area contributed by atoms with Crippen molar-refractivity contribution < 1.29 is 23.0 Å². The molecule has 0 amide bonds. The van der Waals surface area contributed by atoms with E-state index in [1.54, 1.807) is 42.6 Å². The number of hydrogen-bond acceptors (Lipinski definition) is 6. The smallest absolute Gasteiger partial charge is 0.416 e. The van der Waals surface area contributed by atoms with Crippen molar-refractivity contribution >= 4 is 22.3 Å². The minimum atomic E-state index is -4.55. The zero-order valence-corrected chi connectivity index (χ0v) is 26.7. The van der Waals surface area contributed by atoms with Crippen LogP contribution in [0.3, 0.4) is 0 Å². The lowest BCUT2D eigenvalue weighted by Crippen LogP contribution is -2.44. The highest BCUT2D eigenvalue weighted by Crippen LogP contribution is 2.47. The van der Waals surface area contributed by atoms with Crippen LogP contribution in [-0.4, -0.2) is 41.5 Å². The van der Waals surface area contributed by atoms with Gasteiger partial charge in [0.1, 0.15) is 6.23 Å². The molecule has 0 bridgehead atoms. The number of halogens is 3. The Kier molecular flexibility index (Phi) is 9.99. The van der Waals surface area contributed by atoms with E-state index in [4.69, 9.17) is 9.72 Å². The van der Waals surface area contributed by atoms with E-state index in [1.165, 1.54) is 6.07 Å².